The minimum atomic E-state index is -5.00. The molecule has 38 heavy (non-hydrogen) atoms. The highest BCUT2D eigenvalue weighted by molar-refractivity contribution is 6.31. The molecular formula is C25H20ClF6N3O3. The van der Waals surface area contributed by atoms with E-state index in [0.717, 1.165) is 19.1 Å². The minimum Gasteiger partial charge on any atom is -0.373 e. The molecule has 0 spiro atoms. The Kier molecular flexibility index (Phi) is 7.84. The first-order valence-electron chi connectivity index (χ1n) is 11.3. The number of carbonyl (C=O) groups excluding carboxylic acids is 1. The number of benzene rings is 2. The fraction of sp³-hybridized carbons (Fsp3) is 0.320. The lowest BCUT2D eigenvalue weighted by Crippen LogP contribution is -2.42. The summed E-state index contributed by atoms with van der Waals surface area (Å²) < 4.78 is 88.5. The number of ether oxygens (including phenoxy) is 1. The number of carbonyl (C=O) groups is 1. The third kappa shape index (κ3) is 5.86. The Morgan fingerprint density at radius 3 is 2.45 bits per heavy atom. The Bertz CT molecular complexity index is 1440. The number of alkyl halides is 3. The van der Waals surface area contributed by atoms with Crippen molar-refractivity contribution in [1.82, 2.24) is 15.3 Å². The molecule has 0 saturated heterocycles. The van der Waals surface area contributed by atoms with E-state index in [4.69, 9.17) is 16.3 Å². The summed E-state index contributed by atoms with van der Waals surface area (Å²) in [6.45, 7) is 0.747. The first-order valence-corrected chi connectivity index (χ1v) is 11.7. The van der Waals surface area contributed by atoms with Crippen molar-refractivity contribution in [3.63, 3.8) is 0 Å². The number of aromatic nitrogens is 2. The van der Waals surface area contributed by atoms with E-state index in [-0.39, 0.29) is 23.3 Å². The van der Waals surface area contributed by atoms with Gasteiger partial charge in [0.15, 0.2) is 0 Å². The second-order valence-corrected chi connectivity index (χ2v) is 9.23. The molecule has 13 heteroatoms. The summed E-state index contributed by atoms with van der Waals surface area (Å²) in [6.07, 6.45) is -4.56. The van der Waals surface area contributed by atoms with Gasteiger partial charge in [-0.15, -0.1) is 0 Å². The van der Waals surface area contributed by atoms with Crippen LogP contribution in [-0.4, -0.2) is 22.0 Å². The maximum absolute atomic E-state index is 15.3. The molecule has 4 rings (SSSR count). The summed E-state index contributed by atoms with van der Waals surface area (Å²) >= 11 is 5.96. The van der Waals surface area contributed by atoms with Gasteiger partial charge in [-0.25, -0.2) is 13.8 Å². The van der Waals surface area contributed by atoms with E-state index in [1.54, 1.807) is 0 Å². The smallest absolute Gasteiger partial charge is 0.373 e. The summed E-state index contributed by atoms with van der Waals surface area (Å²) in [4.78, 5) is 29.7. The molecule has 0 atom stereocenters. The van der Waals surface area contributed by atoms with Crippen LogP contribution in [0, 0.1) is 30.3 Å². The molecule has 1 aromatic heterocycles. The monoisotopic (exact) mass is 559 g/mol. The number of aromatic amines is 1. The third-order valence-electron chi connectivity index (χ3n) is 6.20. The predicted octanol–water partition coefficient (Wildman–Crippen LogP) is 5.45. The largest absolute Gasteiger partial charge is 0.417 e. The van der Waals surface area contributed by atoms with Gasteiger partial charge in [-0.05, 0) is 43.5 Å². The molecular weight excluding hydrogens is 540 g/mol. The molecule has 0 unspecified atom stereocenters. The average Bonchev–Trinajstić information content (AvgIpc) is 2.80. The zero-order chi connectivity index (χ0) is 27.8. The van der Waals surface area contributed by atoms with Gasteiger partial charge in [0.05, 0.1) is 29.5 Å². The Labute approximate surface area is 217 Å². The van der Waals surface area contributed by atoms with Gasteiger partial charge in [0.25, 0.3) is 5.56 Å². The zero-order valence-corrected chi connectivity index (χ0v) is 20.4. The van der Waals surface area contributed by atoms with Gasteiger partial charge in [0.2, 0.25) is 11.7 Å². The van der Waals surface area contributed by atoms with Gasteiger partial charge < -0.3 is 15.0 Å². The molecule has 6 nitrogen and oxygen atoms in total. The number of H-pyrrole nitrogens is 1. The lowest BCUT2D eigenvalue weighted by molar-refractivity contribution is -0.137. The van der Waals surface area contributed by atoms with Crippen molar-refractivity contribution in [3.05, 3.63) is 85.5 Å². The molecule has 2 N–H and O–H groups in total. The van der Waals surface area contributed by atoms with E-state index >= 15 is 4.39 Å². The van der Waals surface area contributed by atoms with Crippen LogP contribution in [0.3, 0.4) is 0 Å². The van der Waals surface area contributed by atoms with Gasteiger partial charge in [-0.1, -0.05) is 23.7 Å². The van der Waals surface area contributed by atoms with Crippen LogP contribution < -0.4 is 10.9 Å². The Balaban J connectivity index is 1.42. The summed E-state index contributed by atoms with van der Waals surface area (Å²) in [5, 5.41) is 2.70. The summed E-state index contributed by atoms with van der Waals surface area (Å²) in [7, 11) is 0. The van der Waals surface area contributed by atoms with Crippen LogP contribution in [0.1, 0.15) is 35.2 Å². The van der Waals surface area contributed by atoms with Crippen molar-refractivity contribution in [2.45, 2.75) is 45.2 Å². The van der Waals surface area contributed by atoms with Crippen LogP contribution in [0.15, 0.2) is 35.1 Å². The maximum Gasteiger partial charge on any atom is 0.417 e. The van der Waals surface area contributed by atoms with E-state index in [0.29, 0.717) is 24.5 Å². The highest BCUT2D eigenvalue weighted by atomic mass is 35.5. The fourth-order valence-corrected chi connectivity index (χ4v) is 4.22. The minimum absolute atomic E-state index is 0.122. The molecule has 1 aliphatic rings. The SMILES string of the molecule is Cc1nc(-c2c(C(F)(F)F)ccc(CNC(=O)C3CC(OCc4ccc(F)cc4Cl)C3)c2F)[nH]c(=O)c1F. The topological polar surface area (TPSA) is 84.1 Å². The lowest BCUT2D eigenvalue weighted by atomic mass is 9.81. The van der Waals surface area contributed by atoms with E-state index in [1.807, 2.05) is 4.98 Å². The maximum atomic E-state index is 15.3. The van der Waals surface area contributed by atoms with Crippen molar-refractivity contribution in [2.24, 2.45) is 5.92 Å². The van der Waals surface area contributed by atoms with E-state index in [9.17, 15) is 31.5 Å². The van der Waals surface area contributed by atoms with Crippen LogP contribution in [0.25, 0.3) is 11.4 Å². The van der Waals surface area contributed by atoms with Crippen molar-refractivity contribution >= 4 is 17.5 Å². The molecule has 3 aromatic rings. The van der Waals surface area contributed by atoms with Gasteiger partial charge in [-0.2, -0.15) is 17.6 Å². The van der Waals surface area contributed by atoms with Gasteiger partial charge in [0.1, 0.15) is 17.5 Å². The first-order chi connectivity index (χ1) is 17.8. The zero-order valence-electron chi connectivity index (χ0n) is 19.7. The number of nitrogens with zero attached hydrogens (tertiary/aromatic N) is 1. The summed E-state index contributed by atoms with van der Waals surface area (Å²) in [6, 6.07) is 5.38. The molecule has 0 aliphatic heterocycles. The molecule has 2 aromatic carbocycles. The molecule has 1 fully saturated rings. The Hall–Kier alpha value is -3.38. The second-order valence-electron chi connectivity index (χ2n) is 8.83. The predicted molar refractivity (Wildman–Crippen MR) is 125 cm³/mol. The highest BCUT2D eigenvalue weighted by Crippen LogP contribution is 2.38. The van der Waals surface area contributed by atoms with E-state index in [2.05, 4.69) is 10.3 Å². The first kappa shape index (κ1) is 27.6. The molecule has 1 aliphatic carbocycles. The normalized spacial score (nSPS) is 17.3. The standard InChI is InChI=1S/C25H20ClF6N3O3/c1-11-20(28)24(37)35-22(34-11)19-17(25(30,31)32)5-3-12(21(19)29)9-33-23(36)14-6-16(7-14)38-10-13-2-4-15(27)8-18(13)26/h2-5,8,14,16H,6-7,9-10H2,1H3,(H,33,36)(H,34,35,37). The van der Waals surface area contributed by atoms with Crippen LogP contribution in [0.4, 0.5) is 26.3 Å². The average molecular weight is 560 g/mol. The van der Waals surface area contributed by atoms with Gasteiger partial charge >= 0.3 is 6.18 Å². The molecule has 202 valence electrons. The Morgan fingerprint density at radius 1 is 1.13 bits per heavy atom. The number of nitrogens with one attached hydrogen (secondary N) is 2. The van der Waals surface area contributed by atoms with E-state index in [1.165, 1.54) is 12.1 Å². The van der Waals surface area contributed by atoms with Crippen molar-refractivity contribution < 1.29 is 35.9 Å². The number of aryl methyl sites for hydroxylation is 1. The lowest BCUT2D eigenvalue weighted by Gasteiger charge is -2.34. The number of hydrogen-bond acceptors (Lipinski definition) is 4. The second kappa shape index (κ2) is 10.8. The number of hydrogen-bond donors (Lipinski definition) is 2. The number of amides is 1. The third-order valence-corrected chi connectivity index (χ3v) is 6.55. The Morgan fingerprint density at radius 2 is 1.82 bits per heavy atom. The number of halogens is 7. The van der Waals surface area contributed by atoms with Crippen LogP contribution in [0.5, 0.6) is 0 Å². The van der Waals surface area contributed by atoms with Crippen LogP contribution >= 0.6 is 11.6 Å². The molecule has 0 radical (unpaired) electrons. The van der Waals surface area contributed by atoms with Crippen LogP contribution in [0.2, 0.25) is 5.02 Å². The highest BCUT2D eigenvalue weighted by Gasteiger charge is 2.38. The number of rotatable bonds is 7. The van der Waals surface area contributed by atoms with Crippen molar-refractivity contribution in [3.8, 4) is 11.4 Å². The fourth-order valence-electron chi connectivity index (χ4n) is 4.00. The molecule has 0 bridgehead atoms. The molecule has 1 amide bonds. The van der Waals surface area contributed by atoms with E-state index < -0.39 is 70.2 Å². The summed E-state index contributed by atoms with van der Waals surface area (Å²) in [5.74, 6) is -4.83. The summed E-state index contributed by atoms with van der Waals surface area (Å²) in [5.41, 5.74) is -4.02. The van der Waals surface area contributed by atoms with Gasteiger partial charge in [-0.3, -0.25) is 9.59 Å². The van der Waals surface area contributed by atoms with Crippen molar-refractivity contribution in [1.29, 1.82) is 0 Å². The quantitative estimate of drug-likeness (QED) is 0.377. The van der Waals surface area contributed by atoms with Crippen molar-refractivity contribution in [2.75, 3.05) is 0 Å². The van der Waals surface area contributed by atoms with Crippen LogP contribution in [-0.2, 0) is 28.9 Å². The van der Waals surface area contributed by atoms with Gasteiger partial charge in [0, 0.05) is 23.0 Å². The molecule has 1 saturated carbocycles. The molecule has 1 heterocycles.